The van der Waals surface area contributed by atoms with Crippen LogP contribution in [-0.2, 0) is 9.53 Å². The SMILES string of the molecule is O=C(NNCC1(O)CCCCC1)[C@@]1(C/C=C/c2ccccc2)N=C(c2ccc(OCCCO)cc2)O[C@H]1c1ccccc1Br. The third kappa shape index (κ3) is 7.77. The Balaban J connectivity index is 1.48. The normalized spacial score (nSPS) is 21.1. The molecule has 2 atom stereocenters. The summed E-state index contributed by atoms with van der Waals surface area (Å²) in [6.45, 7) is 0.732. The van der Waals surface area contributed by atoms with Gasteiger partial charge in [0.05, 0.1) is 12.2 Å². The van der Waals surface area contributed by atoms with Gasteiger partial charge in [-0.3, -0.25) is 10.2 Å². The predicted octanol–water partition coefficient (Wildman–Crippen LogP) is 5.89. The minimum Gasteiger partial charge on any atom is -0.494 e. The monoisotopic (exact) mass is 661 g/mol. The number of nitrogens with one attached hydrogen (secondary N) is 2. The highest BCUT2D eigenvalue weighted by atomic mass is 79.9. The zero-order valence-electron chi connectivity index (χ0n) is 24.8. The average molecular weight is 663 g/mol. The number of benzene rings is 3. The standard InChI is InChI=1S/C35H40BrN3O5/c36-30-15-6-5-14-29(30)31-35(22-9-13-26-11-3-1-4-12-26,33(41)39-37-25-34(42)20-7-2-8-21-34)38-32(44-31)27-16-18-28(19-17-27)43-24-10-23-40/h1,3-6,9,11-19,31,37,40,42H,2,7-8,10,20-25H2,(H,39,41)/b13-9+/t31-,35-/m0/s1. The molecule has 8 nitrogen and oxygen atoms in total. The molecule has 0 bridgehead atoms. The van der Waals surface area contributed by atoms with Gasteiger partial charge in [0, 0.05) is 41.6 Å². The maximum atomic E-state index is 14.3. The molecule has 2 aliphatic rings. The molecule has 1 aliphatic carbocycles. The molecule has 0 radical (unpaired) electrons. The van der Waals surface area contributed by atoms with E-state index in [1.165, 1.54) is 0 Å². The lowest BCUT2D eigenvalue weighted by Gasteiger charge is -2.34. The largest absolute Gasteiger partial charge is 0.494 e. The number of amides is 1. The molecular formula is C35H40BrN3O5. The quantitative estimate of drug-likeness (QED) is 0.134. The summed E-state index contributed by atoms with van der Waals surface area (Å²) in [5.41, 5.74) is 6.23. The third-order valence-corrected chi connectivity index (χ3v) is 8.88. The number of aliphatic imine (C=N–C) groups is 1. The Morgan fingerprint density at radius 1 is 1.02 bits per heavy atom. The fraction of sp³-hybridized carbons (Fsp3) is 0.371. The summed E-state index contributed by atoms with van der Waals surface area (Å²) in [7, 11) is 0. The molecule has 0 unspecified atom stereocenters. The molecule has 3 aromatic rings. The summed E-state index contributed by atoms with van der Waals surface area (Å²) in [4.78, 5) is 19.3. The molecule has 4 N–H and O–H groups in total. The molecule has 5 rings (SSSR count). The Morgan fingerprint density at radius 3 is 2.48 bits per heavy atom. The molecule has 1 amide bonds. The van der Waals surface area contributed by atoms with E-state index in [-0.39, 0.29) is 25.5 Å². The van der Waals surface area contributed by atoms with Crippen molar-refractivity contribution in [2.45, 2.75) is 62.2 Å². The van der Waals surface area contributed by atoms with Crippen molar-refractivity contribution in [3.05, 3.63) is 106 Å². The van der Waals surface area contributed by atoms with Gasteiger partial charge in [0.2, 0.25) is 5.90 Å². The van der Waals surface area contributed by atoms with E-state index in [4.69, 9.17) is 19.6 Å². The fourth-order valence-corrected chi connectivity index (χ4v) is 6.20. The lowest BCUT2D eigenvalue weighted by atomic mass is 9.84. The number of nitrogens with zero attached hydrogens (tertiary/aromatic N) is 1. The van der Waals surface area contributed by atoms with Gasteiger partial charge in [0.15, 0.2) is 11.6 Å². The second kappa shape index (κ2) is 15.0. The minimum atomic E-state index is -1.36. The smallest absolute Gasteiger partial charge is 0.266 e. The highest BCUT2D eigenvalue weighted by Crippen LogP contribution is 2.45. The maximum Gasteiger partial charge on any atom is 0.266 e. The summed E-state index contributed by atoms with van der Waals surface area (Å²) in [5, 5.41) is 20.1. The van der Waals surface area contributed by atoms with Crippen molar-refractivity contribution in [2.24, 2.45) is 4.99 Å². The number of carbonyl (C=O) groups excluding carboxylic acids is 1. The maximum absolute atomic E-state index is 14.3. The van der Waals surface area contributed by atoms with Crippen LogP contribution < -0.4 is 15.6 Å². The predicted molar refractivity (Wildman–Crippen MR) is 175 cm³/mol. The van der Waals surface area contributed by atoms with Crippen LogP contribution in [0.15, 0.2) is 94.4 Å². The second-order valence-corrected chi connectivity index (χ2v) is 12.3. The molecule has 1 heterocycles. The van der Waals surface area contributed by atoms with E-state index < -0.39 is 17.2 Å². The van der Waals surface area contributed by atoms with Gasteiger partial charge in [-0.2, -0.15) is 0 Å². The van der Waals surface area contributed by atoms with Crippen LogP contribution in [0.4, 0.5) is 0 Å². The van der Waals surface area contributed by atoms with Crippen LogP contribution in [0.1, 0.15) is 67.7 Å². The molecule has 1 aliphatic heterocycles. The van der Waals surface area contributed by atoms with Crippen molar-refractivity contribution in [2.75, 3.05) is 19.8 Å². The summed E-state index contributed by atoms with van der Waals surface area (Å²) in [6.07, 6.45) is 8.46. The summed E-state index contributed by atoms with van der Waals surface area (Å²) in [5.74, 6) is 0.666. The Labute approximate surface area is 267 Å². The fourth-order valence-electron chi connectivity index (χ4n) is 5.70. The molecule has 1 fully saturated rings. The van der Waals surface area contributed by atoms with Crippen LogP contribution in [0.5, 0.6) is 5.75 Å². The highest BCUT2D eigenvalue weighted by Gasteiger charge is 2.53. The summed E-state index contributed by atoms with van der Waals surface area (Å²) < 4.78 is 13.1. The third-order valence-electron chi connectivity index (χ3n) is 8.16. The molecule has 0 spiro atoms. The summed E-state index contributed by atoms with van der Waals surface area (Å²) in [6, 6.07) is 25.0. The van der Waals surface area contributed by atoms with Gasteiger partial charge in [-0.15, -0.1) is 0 Å². The van der Waals surface area contributed by atoms with Crippen LogP contribution in [0.25, 0.3) is 6.08 Å². The van der Waals surface area contributed by atoms with Crippen molar-refractivity contribution in [3.63, 3.8) is 0 Å². The Hall–Kier alpha value is -3.50. The number of ether oxygens (including phenoxy) is 2. The van der Waals surface area contributed by atoms with Crippen LogP contribution >= 0.6 is 15.9 Å². The molecule has 44 heavy (non-hydrogen) atoms. The number of halogens is 1. The zero-order chi connectivity index (χ0) is 30.8. The van der Waals surface area contributed by atoms with Gasteiger partial charge in [-0.25, -0.2) is 10.4 Å². The topological polar surface area (TPSA) is 112 Å². The number of aliphatic hydroxyl groups is 2. The van der Waals surface area contributed by atoms with E-state index in [0.717, 1.165) is 34.9 Å². The molecule has 232 valence electrons. The van der Waals surface area contributed by atoms with Crippen molar-refractivity contribution in [1.29, 1.82) is 0 Å². The van der Waals surface area contributed by atoms with E-state index >= 15 is 0 Å². The molecule has 0 aromatic heterocycles. The number of hydrazine groups is 1. The Bertz CT molecular complexity index is 1440. The first-order valence-corrected chi connectivity index (χ1v) is 16.0. The van der Waals surface area contributed by atoms with Crippen LogP contribution in [0.2, 0.25) is 0 Å². The van der Waals surface area contributed by atoms with Gasteiger partial charge >= 0.3 is 0 Å². The average Bonchev–Trinajstić information content (AvgIpc) is 3.43. The van der Waals surface area contributed by atoms with E-state index in [1.807, 2.05) is 91.0 Å². The van der Waals surface area contributed by atoms with E-state index in [1.54, 1.807) is 0 Å². The first-order valence-electron chi connectivity index (χ1n) is 15.2. The van der Waals surface area contributed by atoms with Gasteiger partial charge in [-0.05, 0) is 48.7 Å². The van der Waals surface area contributed by atoms with Gasteiger partial charge in [0.25, 0.3) is 5.91 Å². The second-order valence-electron chi connectivity index (χ2n) is 11.4. The van der Waals surface area contributed by atoms with E-state index in [0.29, 0.717) is 43.1 Å². The number of aliphatic hydroxyl groups excluding tert-OH is 1. The lowest BCUT2D eigenvalue weighted by molar-refractivity contribution is -0.130. The summed E-state index contributed by atoms with van der Waals surface area (Å²) >= 11 is 3.68. The molecule has 9 heteroatoms. The zero-order valence-corrected chi connectivity index (χ0v) is 26.3. The van der Waals surface area contributed by atoms with Crippen molar-refractivity contribution < 1.29 is 24.5 Å². The molecule has 1 saturated carbocycles. The minimum absolute atomic E-state index is 0.0656. The molecule has 3 aromatic carbocycles. The van der Waals surface area contributed by atoms with Crippen LogP contribution in [-0.4, -0.2) is 52.9 Å². The molecule has 0 saturated heterocycles. The number of hydrogen-bond acceptors (Lipinski definition) is 7. The Morgan fingerprint density at radius 2 is 1.75 bits per heavy atom. The van der Waals surface area contributed by atoms with Crippen molar-refractivity contribution >= 4 is 33.8 Å². The van der Waals surface area contributed by atoms with Crippen LogP contribution in [0, 0.1) is 0 Å². The van der Waals surface area contributed by atoms with Gasteiger partial charge < -0.3 is 19.7 Å². The first kappa shape index (κ1) is 31.9. The number of rotatable bonds is 13. The van der Waals surface area contributed by atoms with E-state index in [9.17, 15) is 9.90 Å². The Kier molecular flexibility index (Phi) is 10.9. The molecular weight excluding hydrogens is 622 g/mol. The number of hydrogen-bond donors (Lipinski definition) is 4. The van der Waals surface area contributed by atoms with Crippen molar-refractivity contribution in [1.82, 2.24) is 10.9 Å². The van der Waals surface area contributed by atoms with Gasteiger partial charge in [0.1, 0.15) is 5.75 Å². The highest BCUT2D eigenvalue weighted by molar-refractivity contribution is 9.10. The van der Waals surface area contributed by atoms with Crippen molar-refractivity contribution in [3.8, 4) is 5.75 Å². The first-order chi connectivity index (χ1) is 21.4. The van der Waals surface area contributed by atoms with Crippen LogP contribution in [0.3, 0.4) is 0 Å². The number of carbonyl (C=O) groups is 1. The van der Waals surface area contributed by atoms with E-state index in [2.05, 4.69) is 26.8 Å². The lowest BCUT2D eigenvalue weighted by Crippen LogP contribution is -2.55. The van der Waals surface area contributed by atoms with Gasteiger partial charge in [-0.1, -0.05) is 95.9 Å².